The first-order chi connectivity index (χ1) is 15.0. The Morgan fingerprint density at radius 3 is 2.06 bits per heavy atom. The van der Waals surface area contributed by atoms with E-state index in [9.17, 15) is 4.79 Å². The molecule has 0 heterocycles. The van der Waals surface area contributed by atoms with Crippen molar-refractivity contribution >= 4 is 5.91 Å². The summed E-state index contributed by atoms with van der Waals surface area (Å²) in [5, 5.41) is 0. The Hall–Kier alpha value is -3.47. The van der Waals surface area contributed by atoms with Gasteiger partial charge in [-0.1, -0.05) is 48.5 Å². The average molecular weight is 420 g/mol. The molecule has 5 heteroatoms. The van der Waals surface area contributed by atoms with Crippen molar-refractivity contribution in [3.05, 3.63) is 89.5 Å². The molecule has 0 aliphatic carbocycles. The van der Waals surface area contributed by atoms with E-state index in [1.54, 1.807) is 21.3 Å². The predicted molar refractivity (Wildman–Crippen MR) is 122 cm³/mol. The summed E-state index contributed by atoms with van der Waals surface area (Å²) < 4.78 is 16.0. The third-order valence-electron chi connectivity index (χ3n) is 5.39. The Kier molecular flexibility index (Phi) is 7.55. The molecule has 0 saturated carbocycles. The lowest BCUT2D eigenvalue weighted by Gasteiger charge is -2.30. The van der Waals surface area contributed by atoms with Crippen LogP contribution in [0.2, 0.25) is 0 Å². The number of methoxy groups -OCH3 is 3. The van der Waals surface area contributed by atoms with Gasteiger partial charge in [0, 0.05) is 6.54 Å². The molecule has 0 radical (unpaired) electrons. The molecule has 0 aliphatic heterocycles. The van der Waals surface area contributed by atoms with E-state index in [1.165, 1.54) is 0 Å². The van der Waals surface area contributed by atoms with Crippen LogP contribution >= 0.6 is 0 Å². The van der Waals surface area contributed by atoms with Gasteiger partial charge in [-0.25, -0.2) is 0 Å². The van der Waals surface area contributed by atoms with Crippen LogP contribution in [0.5, 0.6) is 17.2 Å². The highest BCUT2D eigenvalue weighted by atomic mass is 16.5. The topological polar surface area (TPSA) is 48.0 Å². The maximum Gasteiger partial charge on any atom is 0.227 e. The van der Waals surface area contributed by atoms with Crippen LogP contribution in [0.25, 0.3) is 0 Å². The van der Waals surface area contributed by atoms with Crippen molar-refractivity contribution < 1.29 is 19.0 Å². The van der Waals surface area contributed by atoms with E-state index in [2.05, 4.69) is 6.92 Å². The highest BCUT2D eigenvalue weighted by molar-refractivity contribution is 5.79. The Morgan fingerprint density at radius 2 is 1.45 bits per heavy atom. The minimum atomic E-state index is -0.0833. The molecular weight excluding hydrogens is 390 g/mol. The SMILES string of the molecule is COc1ccc(CC(=O)N(Cc2ccc(OC)c(OC)c2)C(C)c2ccccc2)cc1. The third-order valence-corrected chi connectivity index (χ3v) is 5.39. The van der Waals surface area contributed by atoms with Gasteiger partial charge in [0.2, 0.25) is 5.91 Å². The number of amides is 1. The Morgan fingerprint density at radius 1 is 0.806 bits per heavy atom. The first-order valence-electron chi connectivity index (χ1n) is 10.2. The molecule has 0 aromatic heterocycles. The second-order valence-corrected chi connectivity index (χ2v) is 7.32. The lowest BCUT2D eigenvalue weighted by atomic mass is 10.0. The molecule has 0 aliphatic rings. The van der Waals surface area contributed by atoms with Gasteiger partial charge < -0.3 is 19.1 Å². The molecule has 0 spiro atoms. The standard InChI is InChI=1S/C26H29NO4/c1-19(22-8-6-5-7-9-22)27(18-21-12-15-24(30-3)25(16-21)31-4)26(28)17-20-10-13-23(29-2)14-11-20/h5-16,19H,17-18H2,1-4H3. The summed E-state index contributed by atoms with van der Waals surface area (Å²) in [6.45, 7) is 2.52. The van der Waals surface area contributed by atoms with Crippen LogP contribution < -0.4 is 14.2 Å². The smallest absolute Gasteiger partial charge is 0.227 e. The molecule has 0 N–H and O–H groups in total. The summed E-state index contributed by atoms with van der Waals surface area (Å²) >= 11 is 0. The first kappa shape index (κ1) is 22.2. The van der Waals surface area contributed by atoms with Gasteiger partial charge in [0.25, 0.3) is 0 Å². The Labute approximate surface area is 184 Å². The highest BCUT2D eigenvalue weighted by Gasteiger charge is 2.22. The Balaban J connectivity index is 1.87. The first-order valence-corrected chi connectivity index (χ1v) is 10.2. The fraction of sp³-hybridized carbons (Fsp3) is 0.269. The quantitative estimate of drug-likeness (QED) is 0.487. The van der Waals surface area contributed by atoms with Gasteiger partial charge >= 0.3 is 0 Å². The number of nitrogens with zero attached hydrogens (tertiary/aromatic N) is 1. The van der Waals surface area contributed by atoms with E-state index in [0.29, 0.717) is 24.5 Å². The molecule has 3 aromatic carbocycles. The van der Waals surface area contributed by atoms with Crippen LogP contribution in [0.3, 0.4) is 0 Å². The lowest BCUT2D eigenvalue weighted by Crippen LogP contribution is -2.34. The fourth-order valence-corrected chi connectivity index (χ4v) is 3.55. The van der Waals surface area contributed by atoms with E-state index in [-0.39, 0.29) is 11.9 Å². The summed E-state index contributed by atoms with van der Waals surface area (Å²) in [6.07, 6.45) is 0.314. The Bertz CT molecular complexity index is 986. The van der Waals surface area contributed by atoms with Crippen LogP contribution in [-0.4, -0.2) is 32.1 Å². The maximum atomic E-state index is 13.4. The predicted octanol–water partition coefficient (Wildman–Crippen LogP) is 5.04. The van der Waals surface area contributed by atoms with Gasteiger partial charge in [0.15, 0.2) is 11.5 Å². The third kappa shape index (κ3) is 5.57. The minimum Gasteiger partial charge on any atom is -0.497 e. The monoisotopic (exact) mass is 419 g/mol. The molecule has 1 unspecified atom stereocenters. The molecule has 1 amide bonds. The van der Waals surface area contributed by atoms with Crippen LogP contribution in [0.1, 0.15) is 29.7 Å². The number of benzene rings is 3. The molecule has 1 atom stereocenters. The van der Waals surface area contributed by atoms with Gasteiger partial charge in [0.1, 0.15) is 5.75 Å². The van der Waals surface area contributed by atoms with Crippen LogP contribution in [0.4, 0.5) is 0 Å². The van der Waals surface area contributed by atoms with E-state index in [4.69, 9.17) is 14.2 Å². The van der Waals surface area contributed by atoms with Crippen LogP contribution in [0.15, 0.2) is 72.8 Å². The average Bonchev–Trinajstić information content (AvgIpc) is 2.82. The number of carbonyl (C=O) groups excluding carboxylic acids is 1. The molecular formula is C26H29NO4. The molecule has 0 bridgehead atoms. The zero-order valence-corrected chi connectivity index (χ0v) is 18.5. The molecule has 162 valence electrons. The van der Waals surface area contributed by atoms with Gasteiger partial charge in [-0.15, -0.1) is 0 Å². The number of hydrogen-bond donors (Lipinski definition) is 0. The van der Waals surface area contributed by atoms with E-state index in [0.717, 1.165) is 22.4 Å². The molecule has 5 nitrogen and oxygen atoms in total. The van der Waals surface area contributed by atoms with E-state index >= 15 is 0 Å². The number of carbonyl (C=O) groups is 1. The summed E-state index contributed by atoms with van der Waals surface area (Å²) in [4.78, 5) is 15.3. The second-order valence-electron chi connectivity index (χ2n) is 7.32. The van der Waals surface area contributed by atoms with Crippen molar-refractivity contribution in [1.82, 2.24) is 4.90 Å². The van der Waals surface area contributed by atoms with Gasteiger partial charge in [-0.2, -0.15) is 0 Å². The number of rotatable bonds is 9. The maximum absolute atomic E-state index is 13.4. The van der Waals surface area contributed by atoms with Crippen molar-refractivity contribution in [3.8, 4) is 17.2 Å². The number of ether oxygens (including phenoxy) is 3. The van der Waals surface area contributed by atoms with E-state index in [1.807, 2.05) is 77.7 Å². The van der Waals surface area contributed by atoms with Gasteiger partial charge in [-0.3, -0.25) is 4.79 Å². The van der Waals surface area contributed by atoms with Crippen LogP contribution in [-0.2, 0) is 17.8 Å². The molecule has 3 rings (SSSR count). The van der Waals surface area contributed by atoms with Crippen molar-refractivity contribution in [1.29, 1.82) is 0 Å². The van der Waals surface area contributed by atoms with Crippen molar-refractivity contribution in [3.63, 3.8) is 0 Å². The largest absolute Gasteiger partial charge is 0.497 e. The van der Waals surface area contributed by atoms with Crippen molar-refractivity contribution in [2.45, 2.75) is 25.9 Å². The summed E-state index contributed by atoms with van der Waals surface area (Å²) in [5.41, 5.74) is 3.01. The zero-order chi connectivity index (χ0) is 22.2. The summed E-state index contributed by atoms with van der Waals surface area (Å²) in [6, 6.07) is 23.3. The second kappa shape index (κ2) is 10.5. The van der Waals surface area contributed by atoms with Gasteiger partial charge in [-0.05, 0) is 47.9 Å². The van der Waals surface area contributed by atoms with Crippen molar-refractivity contribution in [2.24, 2.45) is 0 Å². The molecule has 0 fully saturated rings. The summed E-state index contributed by atoms with van der Waals surface area (Å²) in [7, 11) is 4.85. The van der Waals surface area contributed by atoms with Crippen LogP contribution in [0, 0.1) is 0 Å². The fourth-order valence-electron chi connectivity index (χ4n) is 3.55. The van der Waals surface area contributed by atoms with E-state index < -0.39 is 0 Å². The molecule has 0 saturated heterocycles. The lowest BCUT2D eigenvalue weighted by molar-refractivity contribution is -0.133. The molecule has 3 aromatic rings. The van der Waals surface area contributed by atoms with Gasteiger partial charge in [0.05, 0.1) is 33.8 Å². The highest BCUT2D eigenvalue weighted by Crippen LogP contribution is 2.30. The zero-order valence-electron chi connectivity index (χ0n) is 18.5. The van der Waals surface area contributed by atoms with Crippen molar-refractivity contribution in [2.75, 3.05) is 21.3 Å². The summed E-state index contributed by atoms with van der Waals surface area (Å²) in [5.74, 6) is 2.14. The molecule has 31 heavy (non-hydrogen) atoms. The normalized spacial score (nSPS) is 11.5. The number of hydrogen-bond acceptors (Lipinski definition) is 4. The minimum absolute atomic E-state index is 0.0521.